The largest absolute Gasteiger partial charge is 0.388 e. The topological polar surface area (TPSA) is 88.4 Å². The first-order chi connectivity index (χ1) is 6.86. The Kier molecular flexibility index (Phi) is 2.53. The number of aliphatic hydroxyl groups excluding tert-OH is 3. The molecule has 0 saturated carbocycles. The van der Waals surface area contributed by atoms with Crippen LogP contribution >= 0.6 is 0 Å². The van der Waals surface area contributed by atoms with Crippen LogP contribution in [0.25, 0.3) is 0 Å². The summed E-state index contributed by atoms with van der Waals surface area (Å²) in [5.41, 5.74) is 0. The molecule has 3 unspecified atom stereocenters. The maximum atomic E-state index is 9.79. The molecule has 3 N–H and O–H groups in total. The molecule has 2 heterocycles. The van der Waals surface area contributed by atoms with Gasteiger partial charge in [-0.05, 0) is 13.8 Å². The highest BCUT2D eigenvalue weighted by atomic mass is 16.8. The predicted octanol–water partition coefficient (Wildman–Crippen LogP) is -1.42. The van der Waals surface area contributed by atoms with Crippen LogP contribution in [0.3, 0.4) is 0 Å². The summed E-state index contributed by atoms with van der Waals surface area (Å²) < 4.78 is 16.0. The fraction of sp³-hybridized carbons (Fsp3) is 1.00. The Hall–Kier alpha value is -0.240. The molecule has 0 aliphatic carbocycles. The molecule has 0 aromatic rings. The third-order valence-corrected chi connectivity index (χ3v) is 2.71. The van der Waals surface area contributed by atoms with Crippen molar-refractivity contribution in [2.75, 3.05) is 13.2 Å². The third kappa shape index (κ3) is 1.77. The first kappa shape index (κ1) is 11.3. The Bertz CT molecular complexity index is 255. The standard InChI is InChI=1S/C9H16O6/c1-8(2)14-4-9(15-8)7(12)6(11)5(10)3-13-9/h5-7,10-12H,3-4H2,1-2H3/t5?,6?,7?,9-/m0/s1. The minimum absolute atomic E-state index is 0.0327. The normalized spacial score (nSPS) is 49.8. The number of hydrogen-bond donors (Lipinski definition) is 3. The summed E-state index contributed by atoms with van der Waals surface area (Å²) in [7, 11) is 0. The lowest BCUT2D eigenvalue weighted by molar-refractivity contribution is -0.337. The second kappa shape index (κ2) is 3.38. The van der Waals surface area contributed by atoms with Crippen molar-refractivity contribution in [3.63, 3.8) is 0 Å². The van der Waals surface area contributed by atoms with E-state index in [0.29, 0.717) is 0 Å². The average molecular weight is 220 g/mol. The molecule has 4 atom stereocenters. The van der Waals surface area contributed by atoms with Crippen molar-refractivity contribution in [2.45, 2.75) is 43.7 Å². The molecule has 6 nitrogen and oxygen atoms in total. The van der Waals surface area contributed by atoms with Crippen LogP contribution in [0.15, 0.2) is 0 Å². The van der Waals surface area contributed by atoms with E-state index in [1.165, 1.54) is 0 Å². The molecule has 1 spiro atoms. The van der Waals surface area contributed by atoms with E-state index in [1.807, 2.05) is 0 Å². The minimum Gasteiger partial charge on any atom is -0.388 e. The molecule has 2 aliphatic heterocycles. The van der Waals surface area contributed by atoms with Crippen LogP contribution in [0.5, 0.6) is 0 Å². The van der Waals surface area contributed by atoms with Crippen LogP contribution < -0.4 is 0 Å². The van der Waals surface area contributed by atoms with Crippen molar-refractivity contribution in [3.8, 4) is 0 Å². The molecule has 2 fully saturated rings. The number of hydrogen-bond acceptors (Lipinski definition) is 6. The van der Waals surface area contributed by atoms with E-state index in [9.17, 15) is 15.3 Å². The molecule has 2 aliphatic rings. The molecule has 6 heteroatoms. The summed E-state index contributed by atoms with van der Waals surface area (Å²) in [5, 5.41) is 28.6. The Labute approximate surface area is 87.4 Å². The lowest BCUT2D eigenvalue weighted by Crippen LogP contribution is -2.62. The highest BCUT2D eigenvalue weighted by molar-refractivity contribution is 4.96. The fourth-order valence-electron chi connectivity index (χ4n) is 1.85. The van der Waals surface area contributed by atoms with Gasteiger partial charge in [0.2, 0.25) is 5.79 Å². The second-order valence-electron chi connectivity index (χ2n) is 4.42. The first-order valence-electron chi connectivity index (χ1n) is 4.89. The van der Waals surface area contributed by atoms with E-state index in [0.717, 1.165) is 0 Å². The highest BCUT2D eigenvalue weighted by Gasteiger charge is 2.57. The number of ether oxygens (including phenoxy) is 3. The first-order valence-corrected chi connectivity index (χ1v) is 4.89. The highest BCUT2D eigenvalue weighted by Crippen LogP contribution is 2.38. The maximum Gasteiger partial charge on any atom is 0.224 e. The van der Waals surface area contributed by atoms with Crippen LogP contribution in [-0.4, -0.2) is 58.4 Å². The summed E-state index contributed by atoms with van der Waals surface area (Å²) in [6.07, 6.45) is -3.70. The fourth-order valence-corrected chi connectivity index (χ4v) is 1.85. The Morgan fingerprint density at radius 1 is 1.13 bits per heavy atom. The molecule has 2 rings (SSSR count). The second-order valence-corrected chi connectivity index (χ2v) is 4.42. The van der Waals surface area contributed by atoms with Crippen LogP contribution in [0.1, 0.15) is 13.8 Å². The molecular formula is C9H16O6. The molecular weight excluding hydrogens is 204 g/mol. The zero-order chi connectivity index (χ0) is 11.3. The third-order valence-electron chi connectivity index (χ3n) is 2.71. The smallest absolute Gasteiger partial charge is 0.224 e. The lowest BCUT2D eigenvalue weighted by atomic mass is 9.97. The van der Waals surface area contributed by atoms with Crippen molar-refractivity contribution in [1.29, 1.82) is 0 Å². The summed E-state index contributed by atoms with van der Waals surface area (Å²) in [6, 6.07) is 0. The maximum absolute atomic E-state index is 9.79. The van der Waals surface area contributed by atoms with Crippen molar-refractivity contribution >= 4 is 0 Å². The monoisotopic (exact) mass is 220 g/mol. The van der Waals surface area contributed by atoms with Gasteiger partial charge in [0.05, 0.1) is 6.61 Å². The molecule has 0 aromatic heterocycles. The Balaban J connectivity index is 2.16. The van der Waals surface area contributed by atoms with Gasteiger partial charge in [0.25, 0.3) is 0 Å². The van der Waals surface area contributed by atoms with Gasteiger partial charge in [-0.3, -0.25) is 0 Å². The van der Waals surface area contributed by atoms with Crippen molar-refractivity contribution < 1.29 is 29.5 Å². The zero-order valence-electron chi connectivity index (χ0n) is 8.71. The van der Waals surface area contributed by atoms with Crippen LogP contribution in [-0.2, 0) is 14.2 Å². The molecule has 15 heavy (non-hydrogen) atoms. The molecule has 0 bridgehead atoms. The van der Waals surface area contributed by atoms with Gasteiger partial charge in [-0.2, -0.15) is 0 Å². The summed E-state index contributed by atoms with van der Waals surface area (Å²) in [4.78, 5) is 0. The van der Waals surface area contributed by atoms with E-state index in [1.54, 1.807) is 13.8 Å². The summed E-state index contributed by atoms with van der Waals surface area (Å²) >= 11 is 0. The summed E-state index contributed by atoms with van der Waals surface area (Å²) in [6.45, 7) is 3.33. The molecule has 88 valence electrons. The zero-order valence-corrected chi connectivity index (χ0v) is 8.71. The Morgan fingerprint density at radius 3 is 2.33 bits per heavy atom. The van der Waals surface area contributed by atoms with E-state index in [-0.39, 0.29) is 13.2 Å². The van der Waals surface area contributed by atoms with Crippen molar-refractivity contribution in [3.05, 3.63) is 0 Å². The van der Waals surface area contributed by atoms with Crippen LogP contribution in [0.4, 0.5) is 0 Å². The van der Waals surface area contributed by atoms with E-state index >= 15 is 0 Å². The van der Waals surface area contributed by atoms with Gasteiger partial charge in [0.1, 0.15) is 24.9 Å². The van der Waals surface area contributed by atoms with Gasteiger partial charge in [0.15, 0.2) is 5.79 Å². The van der Waals surface area contributed by atoms with Gasteiger partial charge in [0, 0.05) is 0 Å². The van der Waals surface area contributed by atoms with Crippen molar-refractivity contribution in [2.24, 2.45) is 0 Å². The van der Waals surface area contributed by atoms with E-state index < -0.39 is 29.9 Å². The van der Waals surface area contributed by atoms with Crippen molar-refractivity contribution in [1.82, 2.24) is 0 Å². The van der Waals surface area contributed by atoms with Gasteiger partial charge in [-0.15, -0.1) is 0 Å². The van der Waals surface area contributed by atoms with Gasteiger partial charge >= 0.3 is 0 Å². The van der Waals surface area contributed by atoms with Gasteiger partial charge in [-0.1, -0.05) is 0 Å². The van der Waals surface area contributed by atoms with Gasteiger partial charge in [-0.25, -0.2) is 0 Å². The Morgan fingerprint density at radius 2 is 1.80 bits per heavy atom. The molecule has 0 radical (unpaired) electrons. The molecule has 0 amide bonds. The van der Waals surface area contributed by atoms with Crippen LogP contribution in [0, 0.1) is 0 Å². The van der Waals surface area contributed by atoms with Gasteiger partial charge < -0.3 is 29.5 Å². The minimum atomic E-state index is -1.36. The predicted molar refractivity (Wildman–Crippen MR) is 47.8 cm³/mol. The molecule has 2 saturated heterocycles. The number of aliphatic hydroxyl groups is 3. The van der Waals surface area contributed by atoms with E-state index in [2.05, 4.69) is 0 Å². The average Bonchev–Trinajstić information content (AvgIpc) is 2.47. The lowest BCUT2D eigenvalue weighted by Gasteiger charge is -2.41. The quantitative estimate of drug-likeness (QED) is 0.464. The summed E-state index contributed by atoms with van der Waals surface area (Å²) in [5.74, 6) is -2.22. The number of rotatable bonds is 0. The SMILES string of the molecule is CC1(C)OC[C@]2(OCC(O)C(O)C2O)O1. The molecule has 0 aromatic carbocycles. The van der Waals surface area contributed by atoms with E-state index in [4.69, 9.17) is 14.2 Å². The van der Waals surface area contributed by atoms with Crippen LogP contribution in [0.2, 0.25) is 0 Å².